The molecule has 400 valence electrons. The first-order valence-electron chi connectivity index (χ1n) is 21.4. The van der Waals surface area contributed by atoms with Crippen molar-refractivity contribution in [1.82, 2.24) is 5.32 Å². The number of hydrogen-bond acceptors (Lipinski definition) is 29. The van der Waals surface area contributed by atoms with Crippen LogP contribution in [0.5, 0.6) is 5.75 Å². The van der Waals surface area contributed by atoms with Crippen molar-refractivity contribution in [3.63, 3.8) is 0 Å². The van der Waals surface area contributed by atoms with Crippen molar-refractivity contribution in [2.24, 2.45) is 0 Å². The van der Waals surface area contributed by atoms with Crippen molar-refractivity contribution in [2.45, 2.75) is 164 Å². The Morgan fingerprint density at radius 1 is 0.493 bits per heavy atom. The molecule has 0 saturated carbocycles. The number of hydrogen-bond donors (Lipinski definition) is 21. The first kappa shape index (κ1) is 60.1. The van der Waals surface area contributed by atoms with Gasteiger partial charge >= 0.3 is 0 Å². The summed E-state index contributed by atoms with van der Waals surface area (Å²) in [6, 6.07) is 6.02. The lowest BCUT2D eigenvalue weighted by molar-refractivity contribution is -0.338. The van der Waals surface area contributed by atoms with E-state index >= 15 is 0 Å². The number of ether oxygens (including phenoxy) is 8. The van der Waals surface area contributed by atoms with Crippen molar-refractivity contribution in [2.75, 3.05) is 33.0 Å². The van der Waals surface area contributed by atoms with E-state index in [1.54, 1.807) is 12.1 Å². The summed E-state index contributed by atoms with van der Waals surface area (Å²) < 4.78 is 42.5. The van der Waals surface area contributed by atoms with E-state index in [9.17, 15) is 81.4 Å². The van der Waals surface area contributed by atoms with Crippen LogP contribution in [0.2, 0.25) is 0 Å². The highest BCUT2D eigenvalue weighted by Gasteiger charge is 2.52. The van der Waals surface area contributed by atoms with Gasteiger partial charge in [-0.15, -0.1) is 25.3 Å². The fraction of sp³-hybridized carbons (Fsp3) is 0.821. The number of nitrogens with one attached hydrogen (secondary N) is 1. The minimum Gasteiger partial charge on any atom is -0.462 e. The van der Waals surface area contributed by atoms with Gasteiger partial charge in [0.25, 0.3) is 0 Å². The summed E-state index contributed by atoms with van der Waals surface area (Å²) >= 11 is 12.2. The van der Waals surface area contributed by atoms with Crippen LogP contribution in [0.1, 0.15) is 12.5 Å². The molecule has 0 aromatic heterocycles. The molecule has 5 fully saturated rings. The third-order valence-electron chi connectivity index (χ3n) is 11.6. The van der Waals surface area contributed by atoms with Crippen LogP contribution in [0.15, 0.2) is 24.3 Å². The van der Waals surface area contributed by atoms with Crippen LogP contribution >= 0.6 is 37.9 Å². The molecule has 1 aromatic rings. The summed E-state index contributed by atoms with van der Waals surface area (Å²) in [6.07, 6.45) is -30.6. The van der Waals surface area contributed by atoms with E-state index in [-0.39, 0.29) is 0 Å². The first-order valence-corrected chi connectivity index (χ1v) is 23.0. The van der Waals surface area contributed by atoms with Crippen LogP contribution in [0.4, 0.5) is 0 Å². The van der Waals surface area contributed by atoms with Crippen LogP contribution in [0, 0.1) is 0 Å². The molecule has 5 saturated heterocycles. The first-order chi connectivity index (χ1) is 32.6. The monoisotopic (exact) mass is 1060 g/mol. The highest BCUT2D eigenvalue weighted by Crippen LogP contribution is 2.32. The lowest BCUT2D eigenvalue weighted by Gasteiger charge is -2.46. The Morgan fingerprint density at radius 3 is 1.26 bits per heavy atom. The molecule has 27 nitrogen and oxygen atoms in total. The van der Waals surface area contributed by atoms with Gasteiger partial charge in [-0.05, 0) is 17.7 Å². The van der Waals surface area contributed by atoms with Crippen LogP contribution < -0.4 is 10.1 Å². The van der Waals surface area contributed by atoms with Gasteiger partial charge in [0.2, 0.25) is 12.2 Å². The van der Waals surface area contributed by atoms with Gasteiger partial charge in [-0.1, -0.05) is 12.1 Å². The summed E-state index contributed by atoms with van der Waals surface area (Å²) in [4.78, 5) is 11.3. The van der Waals surface area contributed by atoms with Gasteiger partial charge < -0.3 is 130 Å². The molecule has 30 heteroatoms. The molecule has 5 aliphatic rings. The van der Waals surface area contributed by atoms with Crippen LogP contribution in [0.3, 0.4) is 0 Å². The molecule has 6 rings (SSSR count). The zero-order chi connectivity index (χ0) is 51.6. The normalized spacial score (nSPS) is 44.7. The average Bonchev–Trinajstić information content (AvgIpc) is 3.34. The number of aliphatic hydroxyl groups excluding tert-OH is 17. The number of aliphatic hydroxyl groups is 17. The Bertz CT molecular complexity index is 1660. The summed E-state index contributed by atoms with van der Waals surface area (Å²) in [7, 11) is 0. The Kier molecular flexibility index (Phi) is 24.2. The standard InChI is InChI=1S/C14H25NO10S.C13H18O6S.C12H22O10S/c1-4(18)15-7-9(20)12(6(3-17)24-14(7)26)25-13-11(22)10(21)8(19)5(2-16)23-13;14-5-9-10(15)11(16)12(17)13(19-9)18-8-3-1-7(6-20)2-4-8;13-1-3-5(15)6(16)8(18)11(20-3)22-10-4(2-14)21-12(23)9(19)7(10)17/h5-14,16-17,19-22,26H,2-3H2,1H3,(H,15,18);1-4,9-17,20H,5-6H2;3-19,23H,1-2H2/t5?,6?,7-,8-,9+,10-,11-,12+,13?,14?;9?,10-,11+,12-,13?;3?,4?,5-,6-,7+,8-,9-,10+,11?,12?/m010/s1. The van der Waals surface area contributed by atoms with Crippen LogP contribution in [-0.4, -0.2) is 278 Å². The molecule has 0 radical (unpaired) electrons. The maximum Gasteiger partial charge on any atom is 0.229 e. The number of thiol groups is 3. The highest BCUT2D eigenvalue weighted by atomic mass is 32.1. The molecule has 5 aliphatic heterocycles. The Balaban J connectivity index is 0.000000227. The maximum atomic E-state index is 11.3. The Morgan fingerprint density at radius 2 is 0.870 bits per heavy atom. The molecular weight excluding hydrogens is 995 g/mol. The zero-order valence-electron chi connectivity index (χ0n) is 36.6. The fourth-order valence-electron chi connectivity index (χ4n) is 7.52. The van der Waals surface area contributed by atoms with E-state index in [1.807, 2.05) is 12.1 Å². The highest BCUT2D eigenvalue weighted by molar-refractivity contribution is 7.81. The number of carbonyl (C=O) groups is 1. The summed E-state index contributed by atoms with van der Waals surface area (Å²) in [6.45, 7) is -1.67. The second-order valence-corrected chi connectivity index (χ2v) is 17.7. The van der Waals surface area contributed by atoms with E-state index in [1.165, 1.54) is 6.92 Å². The average molecular weight is 1060 g/mol. The largest absolute Gasteiger partial charge is 0.462 e. The van der Waals surface area contributed by atoms with E-state index < -0.39 is 191 Å². The quantitative estimate of drug-likeness (QED) is 0.0816. The molecule has 5 heterocycles. The molecule has 0 aliphatic carbocycles. The van der Waals surface area contributed by atoms with E-state index in [0.717, 1.165) is 5.56 Å². The molecule has 69 heavy (non-hydrogen) atoms. The molecule has 1 aromatic carbocycles. The van der Waals surface area contributed by atoms with Gasteiger partial charge in [0, 0.05) is 12.7 Å². The maximum absolute atomic E-state index is 11.3. The third-order valence-corrected chi connectivity index (χ3v) is 12.8. The molecule has 1 amide bonds. The van der Waals surface area contributed by atoms with Crippen molar-refractivity contribution < 1.29 is 130 Å². The van der Waals surface area contributed by atoms with E-state index in [0.29, 0.717) is 11.5 Å². The lowest BCUT2D eigenvalue weighted by atomic mass is 9.96. The molecule has 0 bridgehead atoms. The Hall–Kier alpha value is -1.42. The Labute approximate surface area is 410 Å². The second-order valence-electron chi connectivity index (χ2n) is 16.4. The summed E-state index contributed by atoms with van der Waals surface area (Å²) in [5, 5.41) is 167. The minimum atomic E-state index is -1.69. The van der Waals surface area contributed by atoms with Gasteiger partial charge in [0.1, 0.15) is 133 Å². The predicted molar refractivity (Wildman–Crippen MR) is 236 cm³/mol. The van der Waals surface area contributed by atoms with Gasteiger partial charge in [0.05, 0.1) is 39.1 Å². The molecular formula is C39H65NO26S3. The van der Waals surface area contributed by atoms with Crippen molar-refractivity contribution >= 4 is 43.8 Å². The minimum absolute atomic E-state index is 0.444. The molecule has 25 atom stereocenters. The van der Waals surface area contributed by atoms with Gasteiger partial charge in [-0.3, -0.25) is 4.79 Å². The predicted octanol–water partition coefficient (Wildman–Crippen LogP) is -9.48. The van der Waals surface area contributed by atoms with Gasteiger partial charge in [-0.25, -0.2) is 0 Å². The molecule has 10 unspecified atom stereocenters. The summed E-state index contributed by atoms with van der Waals surface area (Å²) in [5.74, 6) is 0.589. The van der Waals surface area contributed by atoms with Crippen molar-refractivity contribution in [3.05, 3.63) is 29.8 Å². The number of amides is 1. The van der Waals surface area contributed by atoms with Gasteiger partial charge in [-0.2, -0.15) is 12.6 Å². The van der Waals surface area contributed by atoms with Crippen LogP contribution in [-0.2, 0) is 43.7 Å². The van der Waals surface area contributed by atoms with E-state index in [2.05, 4.69) is 43.2 Å². The number of carbonyl (C=O) groups excluding carboxylic acids is 1. The zero-order valence-corrected chi connectivity index (χ0v) is 39.3. The lowest BCUT2D eigenvalue weighted by Crippen LogP contribution is -2.66. The van der Waals surface area contributed by atoms with Crippen molar-refractivity contribution in [1.29, 1.82) is 0 Å². The smallest absolute Gasteiger partial charge is 0.229 e. The fourth-order valence-corrected chi connectivity index (χ4v) is 8.47. The second kappa shape index (κ2) is 27.8. The topological polar surface area (TPSA) is 447 Å². The third kappa shape index (κ3) is 14.9. The number of benzene rings is 1. The van der Waals surface area contributed by atoms with Crippen LogP contribution in [0.25, 0.3) is 0 Å². The van der Waals surface area contributed by atoms with Gasteiger partial charge in [0.15, 0.2) is 12.6 Å². The van der Waals surface area contributed by atoms with Crippen molar-refractivity contribution in [3.8, 4) is 5.75 Å². The number of rotatable bonds is 13. The molecule has 0 spiro atoms. The summed E-state index contributed by atoms with van der Waals surface area (Å²) in [5.41, 5.74) is -0.966. The van der Waals surface area contributed by atoms with E-state index in [4.69, 9.17) is 48.1 Å². The SMILES string of the molecule is CC(=O)N[C@@H]1C(S)OC(CO)[C@@H](OC2OC(CO)[C@H](O)[C@H](O)[C@@H]2O)[C@@H]1O.OCC1OC(Oc2ccc(CS)cc2)[C@H](O)[C@@H](O)[C@@H]1O.OCC1OC(S)[C@@H](O)[C@@H](O)[C@@H]1OC1OC(CO)[C@H](O)[C@H](O)[C@@H]1O. The molecule has 18 N–H and O–H groups in total.